The first-order valence-electron chi connectivity index (χ1n) is 7.07. The standard InChI is InChI=1S/C16H24O6/c1-2-6-12(18)14(20)16(22,15(21)13(19)10-17)9-11-7-4-3-5-8-11/h2-5,7-8,12-15,17-22H,1,6,9-10H2. The van der Waals surface area contributed by atoms with Gasteiger partial charge in [0.15, 0.2) is 0 Å². The molecule has 0 radical (unpaired) electrons. The Morgan fingerprint density at radius 2 is 1.55 bits per heavy atom. The maximum Gasteiger partial charge on any atom is 0.125 e. The molecule has 1 aromatic rings. The molecule has 1 rings (SSSR count). The fourth-order valence-electron chi connectivity index (χ4n) is 2.37. The molecule has 0 aromatic heterocycles. The lowest BCUT2D eigenvalue weighted by Crippen LogP contribution is -2.62. The van der Waals surface area contributed by atoms with E-state index in [4.69, 9.17) is 5.11 Å². The summed E-state index contributed by atoms with van der Waals surface area (Å²) in [6.45, 7) is 2.65. The lowest BCUT2D eigenvalue weighted by Gasteiger charge is -2.40. The highest BCUT2D eigenvalue weighted by atomic mass is 16.4. The van der Waals surface area contributed by atoms with Crippen molar-refractivity contribution in [2.24, 2.45) is 0 Å². The fraction of sp³-hybridized carbons (Fsp3) is 0.500. The Labute approximate surface area is 129 Å². The molecule has 0 fully saturated rings. The van der Waals surface area contributed by atoms with Crippen LogP contribution < -0.4 is 0 Å². The third kappa shape index (κ3) is 4.36. The van der Waals surface area contributed by atoms with Crippen molar-refractivity contribution in [3.63, 3.8) is 0 Å². The summed E-state index contributed by atoms with van der Waals surface area (Å²) in [5, 5.41) is 59.6. The number of hydrogen-bond acceptors (Lipinski definition) is 6. The maximum absolute atomic E-state index is 10.7. The van der Waals surface area contributed by atoms with E-state index in [1.165, 1.54) is 6.08 Å². The molecule has 0 amide bonds. The van der Waals surface area contributed by atoms with Crippen LogP contribution in [-0.2, 0) is 6.42 Å². The molecule has 0 saturated heterocycles. The second-order valence-corrected chi connectivity index (χ2v) is 5.38. The molecule has 0 saturated carbocycles. The van der Waals surface area contributed by atoms with Gasteiger partial charge in [-0.15, -0.1) is 6.58 Å². The van der Waals surface area contributed by atoms with Gasteiger partial charge < -0.3 is 30.6 Å². The van der Waals surface area contributed by atoms with Gasteiger partial charge in [-0.05, 0) is 12.0 Å². The van der Waals surface area contributed by atoms with E-state index in [2.05, 4.69) is 6.58 Å². The third-order valence-corrected chi connectivity index (χ3v) is 3.68. The van der Waals surface area contributed by atoms with Crippen LogP contribution in [0.3, 0.4) is 0 Å². The molecule has 0 spiro atoms. The van der Waals surface area contributed by atoms with Gasteiger partial charge in [0.25, 0.3) is 0 Å². The summed E-state index contributed by atoms with van der Waals surface area (Å²) >= 11 is 0. The zero-order valence-electron chi connectivity index (χ0n) is 12.3. The summed E-state index contributed by atoms with van der Waals surface area (Å²) in [6.07, 6.45) is -5.44. The zero-order valence-corrected chi connectivity index (χ0v) is 12.3. The SMILES string of the molecule is C=CCC(O)C(O)C(O)(Cc1ccccc1)C(O)C(O)CO. The van der Waals surface area contributed by atoms with Crippen LogP contribution in [0, 0.1) is 0 Å². The van der Waals surface area contributed by atoms with E-state index in [-0.39, 0.29) is 12.8 Å². The molecule has 5 atom stereocenters. The zero-order chi connectivity index (χ0) is 16.8. The Morgan fingerprint density at radius 3 is 2.05 bits per heavy atom. The van der Waals surface area contributed by atoms with Gasteiger partial charge in [-0.25, -0.2) is 0 Å². The monoisotopic (exact) mass is 312 g/mol. The quantitative estimate of drug-likeness (QED) is 0.324. The number of benzene rings is 1. The first-order chi connectivity index (χ1) is 10.4. The number of aliphatic hydroxyl groups is 6. The van der Waals surface area contributed by atoms with Crippen LogP contribution in [0.5, 0.6) is 0 Å². The molecule has 0 bridgehead atoms. The molecular formula is C16H24O6. The second-order valence-electron chi connectivity index (χ2n) is 5.38. The van der Waals surface area contributed by atoms with Crippen LogP contribution >= 0.6 is 0 Å². The highest BCUT2D eigenvalue weighted by Gasteiger charge is 2.48. The van der Waals surface area contributed by atoms with Gasteiger partial charge in [0, 0.05) is 6.42 Å². The molecule has 124 valence electrons. The Kier molecular flexibility index (Phi) is 7.15. The molecule has 0 heterocycles. The minimum Gasteiger partial charge on any atom is -0.394 e. The van der Waals surface area contributed by atoms with E-state index in [0.717, 1.165) is 0 Å². The van der Waals surface area contributed by atoms with Crippen molar-refractivity contribution >= 4 is 0 Å². The van der Waals surface area contributed by atoms with Crippen molar-refractivity contribution in [2.75, 3.05) is 6.61 Å². The topological polar surface area (TPSA) is 121 Å². The predicted molar refractivity (Wildman–Crippen MR) is 81.0 cm³/mol. The lowest BCUT2D eigenvalue weighted by molar-refractivity contribution is -0.203. The van der Waals surface area contributed by atoms with Crippen molar-refractivity contribution in [3.8, 4) is 0 Å². The third-order valence-electron chi connectivity index (χ3n) is 3.68. The summed E-state index contributed by atoms with van der Waals surface area (Å²) in [5.41, 5.74) is -1.63. The minimum atomic E-state index is -2.23. The minimum absolute atomic E-state index is 0.000205. The summed E-state index contributed by atoms with van der Waals surface area (Å²) in [4.78, 5) is 0. The Morgan fingerprint density at radius 1 is 1.00 bits per heavy atom. The van der Waals surface area contributed by atoms with Gasteiger partial charge in [-0.1, -0.05) is 36.4 Å². The van der Waals surface area contributed by atoms with Gasteiger partial charge >= 0.3 is 0 Å². The van der Waals surface area contributed by atoms with E-state index >= 15 is 0 Å². The van der Waals surface area contributed by atoms with Crippen molar-refractivity contribution < 1.29 is 30.6 Å². The molecule has 6 nitrogen and oxygen atoms in total. The van der Waals surface area contributed by atoms with E-state index in [0.29, 0.717) is 5.56 Å². The van der Waals surface area contributed by atoms with Crippen molar-refractivity contribution in [1.82, 2.24) is 0 Å². The van der Waals surface area contributed by atoms with Gasteiger partial charge in [0.2, 0.25) is 0 Å². The fourth-order valence-corrected chi connectivity index (χ4v) is 2.37. The van der Waals surface area contributed by atoms with Crippen LogP contribution in [0.25, 0.3) is 0 Å². The molecule has 22 heavy (non-hydrogen) atoms. The molecule has 0 aliphatic heterocycles. The van der Waals surface area contributed by atoms with Crippen LogP contribution in [0.2, 0.25) is 0 Å². The van der Waals surface area contributed by atoms with Gasteiger partial charge in [-0.3, -0.25) is 0 Å². The highest BCUT2D eigenvalue weighted by molar-refractivity contribution is 5.19. The van der Waals surface area contributed by atoms with Crippen molar-refractivity contribution in [1.29, 1.82) is 0 Å². The van der Waals surface area contributed by atoms with Crippen molar-refractivity contribution in [3.05, 3.63) is 48.6 Å². The molecule has 0 aliphatic rings. The average molecular weight is 312 g/mol. The van der Waals surface area contributed by atoms with Crippen molar-refractivity contribution in [2.45, 2.75) is 42.9 Å². The molecular weight excluding hydrogens is 288 g/mol. The summed E-state index contributed by atoms with van der Waals surface area (Å²) in [5.74, 6) is 0. The smallest absolute Gasteiger partial charge is 0.125 e. The van der Waals surface area contributed by atoms with Gasteiger partial charge in [0.1, 0.15) is 23.9 Å². The molecule has 6 heteroatoms. The van der Waals surface area contributed by atoms with Crippen LogP contribution in [0.4, 0.5) is 0 Å². The summed E-state index contributed by atoms with van der Waals surface area (Å²) in [6, 6.07) is 8.56. The predicted octanol–water partition coefficient (Wildman–Crippen LogP) is -1.03. The average Bonchev–Trinajstić information content (AvgIpc) is 2.53. The van der Waals surface area contributed by atoms with Crippen LogP contribution in [0.1, 0.15) is 12.0 Å². The largest absolute Gasteiger partial charge is 0.394 e. The first-order valence-corrected chi connectivity index (χ1v) is 7.07. The second kappa shape index (κ2) is 8.38. The molecule has 0 aliphatic carbocycles. The van der Waals surface area contributed by atoms with E-state index < -0.39 is 36.6 Å². The molecule has 6 N–H and O–H groups in total. The van der Waals surface area contributed by atoms with Crippen LogP contribution in [0.15, 0.2) is 43.0 Å². The first kappa shape index (κ1) is 18.8. The highest BCUT2D eigenvalue weighted by Crippen LogP contribution is 2.27. The van der Waals surface area contributed by atoms with Crippen LogP contribution in [-0.4, -0.2) is 67.3 Å². The Balaban J connectivity index is 3.10. The van der Waals surface area contributed by atoms with E-state index in [1.54, 1.807) is 30.3 Å². The van der Waals surface area contributed by atoms with E-state index in [9.17, 15) is 25.5 Å². The molecule has 5 unspecified atom stereocenters. The van der Waals surface area contributed by atoms with Gasteiger partial charge in [0.05, 0.1) is 12.7 Å². The van der Waals surface area contributed by atoms with Gasteiger partial charge in [-0.2, -0.15) is 0 Å². The lowest BCUT2D eigenvalue weighted by atomic mass is 9.79. The number of rotatable bonds is 9. The number of hydrogen-bond donors (Lipinski definition) is 6. The summed E-state index contributed by atoms with van der Waals surface area (Å²) < 4.78 is 0. The molecule has 1 aromatic carbocycles. The maximum atomic E-state index is 10.7. The Bertz CT molecular complexity index is 451. The Hall–Kier alpha value is -1.28. The van der Waals surface area contributed by atoms with E-state index in [1.807, 2.05) is 0 Å². The normalized spacial score (nSPS) is 19.7. The summed E-state index contributed by atoms with van der Waals surface area (Å²) in [7, 11) is 0. The number of aliphatic hydroxyl groups excluding tert-OH is 5.